The molecule has 0 aromatic heterocycles. The smallest absolute Gasteiger partial charge is 0.0501 e. The molecule has 0 spiro atoms. The van der Waals surface area contributed by atoms with Gasteiger partial charge in [0.25, 0.3) is 0 Å². The molecule has 3 aliphatic heterocycles. The van der Waals surface area contributed by atoms with Crippen LogP contribution < -0.4 is 5.73 Å². The Balaban J connectivity index is 1.88. The number of hydrogen-bond donors (Lipinski definition) is 1. The van der Waals surface area contributed by atoms with E-state index in [4.69, 9.17) is 5.73 Å². The Kier molecular flexibility index (Phi) is 3.65. The average molecular weight is 265 g/mol. The number of likely N-dealkylation sites (tertiary alicyclic amines) is 1. The van der Waals surface area contributed by atoms with Crippen molar-refractivity contribution in [1.29, 1.82) is 0 Å². The van der Waals surface area contributed by atoms with Gasteiger partial charge in [0.05, 0.1) is 5.54 Å². The Hall–Kier alpha value is -0.120. The Labute approximate surface area is 118 Å². The van der Waals surface area contributed by atoms with Crippen molar-refractivity contribution in [3.63, 3.8) is 0 Å². The molecule has 5 unspecified atom stereocenters. The molecule has 0 aliphatic carbocycles. The van der Waals surface area contributed by atoms with E-state index in [0.717, 1.165) is 24.4 Å². The van der Waals surface area contributed by atoms with Gasteiger partial charge in [0.15, 0.2) is 0 Å². The number of nitrogens with two attached hydrogens (primary N) is 1. The highest BCUT2D eigenvalue weighted by Gasteiger charge is 2.54. The summed E-state index contributed by atoms with van der Waals surface area (Å²) < 4.78 is 0. The SMILES string of the molecule is CC1CC(C)C(C)N(C2(CN)CCN3CCCC32)C1. The average Bonchev–Trinajstić information content (AvgIpc) is 2.96. The topological polar surface area (TPSA) is 32.5 Å². The summed E-state index contributed by atoms with van der Waals surface area (Å²) in [6.07, 6.45) is 5.41. The molecule has 0 radical (unpaired) electrons. The minimum absolute atomic E-state index is 0.277. The lowest BCUT2D eigenvalue weighted by Crippen LogP contribution is -2.65. The third-order valence-corrected chi connectivity index (χ3v) is 6.34. The summed E-state index contributed by atoms with van der Waals surface area (Å²) in [6.45, 7) is 12.0. The summed E-state index contributed by atoms with van der Waals surface area (Å²) in [5.74, 6) is 1.63. The molecule has 0 saturated carbocycles. The summed E-state index contributed by atoms with van der Waals surface area (Å²) in [4.78, 5) is 5.53. The van der Waals surface area contributed by atoms with Crippen LogP contribution >= 0.6 is 0 Å². The summed E-state index contributed by atoms with van der Waals surface area (Å²) in [6, 6.07) is 1.43. The molecular formula is C16H31N3. The molecule has 3 saturated heterocycles. The van der Waals surface area contributed by atoms with Gasteiger partial charge in [-0.25, -0.2) is 0 Å². The van der Waals surface area contributed by atoms with Crippen molar-refractivity contribution in [2.45, 2.75) is 64.1 Å². The molecule has 3 fully saturated rings. The van der Waals surface area contributed by atoms with Gasteiger partial charge in [-0.3, -0.25) is 9.80 Å². The first-order valence-corrected chi connectivity index (χ1v) is 8.29. The Morgan fingerprint density at radius 1 is 1.21 bits per heavy atom. The van der Waals surface area contributed by atoms with Crippen molar-refractivity contribution < 1.29 is 0 Å². The van der Waals surface area contributed by atoms with Gasteiger partial charge in [0, 0.05) is 31.7 Å². The second kappa shape index (κ2) is 5.01. The van der Waals surface area contributed by atoms with Crippen molar-refractivity contribution in [3.8, 4) is 0 Å². The molecule has 19 heavy (non-hydrogen) atoms. The molecule has 3 heterocycles. The number of nitrogens with zero attached hydrogens (tertiary/aromatic N) is 2. The van der Waals surface area contributed by atoms with Gasteiger partial charge in [0.2, 0.25) is 0 Å². The molecule has 110 valence electrons. The fraction of sp³-hybridized carbons (Fsp3) is 1.00. The van der Waals surface area contributed by atoms with Crippen LogP contribution in [-0.2, 0) is 0 Å². The Morgan fingerprint density at radius 2 is 2.00 bits per heavy atom. The largest absolute Gasteiger partial charge is 0.329 e. The highest BCUT2D eigenvalue weighted by atomic mass is 15.3. The molecule has 3 aliphatic rings. The van der Waals surface area contributed by atoms with Crippen LogP contribution in [0.4, 0.5) is 0 Å². The summed E-state index contributed by atoms with van der Waals surface area (Å²) in [7, 11) is 0. The van der Waals surface area contributed by atoms with Crippen LogP contribution in [0.3, 0.4) is 0 Å². The first kappa shape index (κ1) is 13.8. The Bertz CT molecular complexity index is 332. The highest BCUT2D eigenvalue weighted by molar-refractivity contribution is 5.11. The molecule has 0 aromatic rings. The molecule has 3 heteroatoms. The third-order valence-electron chi connectivity index (χ3n) is 6.34. The molecule has 0 bridgehead atoms. The van der Waals surface area contributed by atoms with E-state index in [2.05, 4.69) is 30.6 Å². The quantitative estimate of drug-likeness (QED) is 0.828. The summed E-state index contributed by atoms with van der Waals surface area (Å²) in [5, 5.41) is 0. The van der Waals surface area contributed by atoms with Crippen LogP contribution in [0, 0.1) is 11.8 Å². The third kappa shape index (κ3) is 2.05. The summed E-state index contributed by atoms with van der Waals surface area (Å²) >= 11 is 0. The molecule has 2 N–H and O–H groups in total. The maximum absolute atomic E-state index is 6.34. The predicted molar refractivity (Wildman–Crippen MR) is 80.1 cm³/mol. The van der Waals surface area contributed by atoms with Crippen LogP contribution in [0.1, 0.15) is 46.5 Å². The molecule has 3 rings (SSSR count). The second-order valence-electron chi connectivity index (χ2n) is 7.46. The van der Waals surface area contributed by atoms with E-state index in [1.165, 1.54) is 45.3 Å². The van der Waals surface area contributed by atoms with E-state index in [1.54, 1.807) is 0 Å². The molecular weight excluding hydrogens is 234 g/mol. The van der Waals surface area contributed by atoms with Gasteiger partial charge >= 0.3 is 0 Å². The normalized spacial score (nSPS) is 48.6. The predicted octanol–water partition coefficient (Wildman–Crippen LogP) is 1.92. The van der Waals surface area contributed by atoms with Crippen molar-refractivity contribution in [3.05, 3.63) is 0 Å². The van der Waals surface area contributed by atoms with Crippen molar-refractivity contribution in [1.82, 2.24) is 9.80 Å². The number of piperidine rings is 1. The Morgan fingerprint density at radius 3 is 2.74 bits per heavy atom. The van der Waals surface area contributed by atoms with Gasteiger partial charge in [-0.15, -0.1) is 0 Å². The fourth-order valence-electron chi connectivity index (χ4n) is 5.20. The molecule has 0 aromatic carbocycles. The highest BCUT2D eigenvalue weighted by Crippen LogP contribution is 2.43. The zero-order valence-corrected chi connectivity index (χ0v) is 12.9. The monoisotopic (exact) mass is 265 g/mol. The maximum Gasteiger partial charge on any atom is 0.0501 e. The van der Waals surface area contributed by atoms with Crippen LogP contribution in [-0.4, -0.2) is 53.6 Å². The minimum atomic E-state index is 0.277. The lowest BCUT2D eigenvalue weighted by molar-refractivity contribution is -0.0291. The number of fused-ring (bicyclic) bond motifs is 1. The molecule has 0 amide bonds. The lowest BCUT2D eigenvalue weighted by Gasteiger charge is -2.53. The maximum atomic E-state index is 6.34. The van der Waals surface area contributed by atoms with Crippen LogP contribution in [0.25, 0.3) is 0 Å². The van der Waals surface area contributed by atoms with Gasteiger partial charge in [-0.2, -0.15) is 0 Å². The van der Waals surface area contributed by atoms with Crippen LogP contribution in [0.5, 0.6) is 0 Å². The number of hydrogen-bond acceptors (Lipinski definition) is 3. The first-order valence-electron chi connectivity index (χ1n) is 8.29. The van der Waals surface area contributed by atoms with Gasteiger partial charge < -0.3 is 5.73 Å². The zero-order chi connectivity index (χ0) is 13.6. The minimum Gasteiger partial charge on any atom is -0.329 e. The van der Waals surface area contributed by atoms with E-state index in [9.17, 15) is 0 Å². The van der Waals surface area contributed by atoms with E-state index in [0.29, 0.717) is 6.04 Å². The van der Waals surface area contributed by atoms with Gasteiger partial charge in [-0.05, 0) is 51.0 Å². The van der Waals surface area contributed by atoms with Crippen molar-refractivity contribution in [2.75, 3.05) is 26.2 Å². The lowest BCUT2D eigenvalue weighted by atomic mass is 9.78. The van der Waals surface area contributed by atoms with Crippen LogP contribution in [0.2, 0.25) is 0 Å². The van der Waals surface area contributed by atoms with Gasteiger partial charge in [-0.1, -0.05) is 13.8 Å². The first-order chi connectivity index (χ1) is 9.08. The standard InChI is InChI=1S/C16H31N3/c1-12-9-13(2)14(3)19(10-12)16(11-17)6-8-18-7-4-5-15(16)18/h12-15H,4-11,17H2,1-3H3. The van der Waals surface area contributed by atoms with E-state index in [1.807, 2.05) is 0 Å². The molecule has 5 atom stereocenters. The fourth-order valence-corrected chi connectivity index (χ4v) is 5.20. The number of rotatable bonds is 2. The van der Waals surface area contributed by atoms with Crippen molar-refractivity contribution in [2.24, 2.45) is 17.6 Å². The van der Waals surface area contributed by atoms with E-state index >= 15 is 0 Å². The van der Waals surface area contributed by atoms with Crippen molar-refractivity contribution >= 4 is 0 Å². The van der Waals surface area contributed by atoms with Crippen LogP contribution in [0.15, 0.2) is 0 Å². The van der Waals surface area contributed by atoms with E-state index < -0.39 is 0 Å². The second-order valence-corrected chi connectivity index (χ2v) is 7.46. The van der Waals surface area contributed by atoms with Gasteiger partial charge in [0.1, 0.15) is 0 Å². The zero-order valence-electron chi connectivity index (χ0n) is 12.9. The summed E-state index contributed by atoms with van der Waals surface area (Å²) in [5.41, 5.74) is 6.62. The molecule has 3 nitrogen and oxygen atoms in total. The van der Waals surface area contributed by atoms with E-state index in [-0.39, 0.29) is 5.54 Å².